The van der Waals surface area contributed by atoms with Gasteiger partial charge in [-0.15, -0.1) is 0 Å². The Morgan fingerprint density at radius 1 is 1.35 bits per heavy atom. The fourth-order valence-corrected chi connectivity index (χ4v) is 1.76. The van der Waals surface area contributed by atoms with Crippen molar-refractivity contribution in [2.24, 2.45) is 5.92 Å². The molecule has 1 aromatic heterocycles. The number of hydrogen-bond donors (Lipinski definition) is 0. The van der Waals surface area contributed by atoms with Crippen LogP contribution in [0.25, 0.3) is 0 Å². The first kappa shape index (κ1) is 13.7. The number of aromatic nitrogens is 1. The summed E-state index contributed by atoms with van der Waals surface area (Å²) >= 11 is 0. The Balaban J connectivity index is 3.01. The molecule has 3 nitrogen and oxygen atoms in total. The summed E-state index contributed by atoms with van der Waals surface area (Å²) < 4.78 is 0. The third-order valence-corrected chi connectivity index (χ3v) is 2.63. The molecule has 0 unspecified atom stereocenters. The summed E-state index contributed by atoms with van der Waals surface area (Å²) in [5, 5.41) is 0. The second-order valence-electron chi connectivity index (χ2n) is 5.10. The highest BCUT2D eigenvalue weighted by molar-refractivity contribution is 5.94. The van der Waals surface area contributed by atoms with Crippen LogP contribution in [0.1, 0.15) is 45.0 Å². The lowest BCUT2D eigenvalue weighted by Gasteiger charge is -2.29. The maximum absolute atomic E-state index is 11.4. The minimum absolute atomic E-state index is 0.0851. The summed E-state index contributed by atoms with van der Waals surface area (Å²) in [4.78, 5) is 18.0. The first-order valence-corrected chi connectivity index (χ1v) is 6.15. The van der Waals surface area contributed by atoms with Gasteiger partial charge in [-0.2, -0.15) is 0 Å². The van der Waals surface area contributed by atoms with Crippen molar-refractivity contribution in [1.82, 2.24) is 4.98 Å². The van der Waals surface area contributed by atoms with Crippen LogP contribution >= 0.6 is 0 Å². The molecule has 1 aromatic rings. The summed E-state index contributed by atoms with van der Waals surface area (Å²) in [6, 6.07) is 4.02. The number of Topliss-reactive ketones (excluding diaryl/α,β-unsaturated/α-hetero) is 1. The third kappa shape index (κ3) is 3.84. The SMILES string of the molecule is CC(=O)c1ccnc(N(CC(C)C)C(C)C)c1. The second-order valence-corrected chi connectivity index (χ2v) is 5.10. The van der Waals surface area contributed by atoms with Crippen molar-refractivity contribution in [1.29, 1.82) is 0 Å². The molecule has 0 N–H and O–H groups in total. The van der Waals surface area contributed by atoms with Crippen molar-refractivity contribution in [3.8, 4) is 0 Å². The number of carbonyl (C=O) groups excluding carboxylic acids is 1. The monoisotopic (exact) mass is 234 g/mol. The highest BCUT2D eigenvalue weighted by atomic mass is 16.1. The number of pyridine rings is 1. The fraction of sp³-hybridized carbons (Fsp3) is 0.571. The molecule has 0 bridgehead atoms. The van der Waals surface area contributed by atoms with Gasteiger partial charge in [0.15, 0.2) is 5.78 Å². The van der Waals surface area contributed by atoms with Gasteiger partial charge in [0.2, 0.25) is 0 Å². The predicted molar refractivity (Wildman–Crippen MR) is 71.6 cm³/mol. The Labute approximate surface area is 104 Å². The molecule has 0 fully saturated rings. The molecule has 3 heteroatoms. The molecular weight excluding hydrogens is 212 g/mol. The van der Waals surface area contributed by atoms with Gasteiger partial charge in [-0.05, 0) is 38.8 Å². The average Bonchev–Trinajstić information content (AvgIpc) is 2.25. The number of nitrogens with zero attached hydrogens (tertiary/aromatic N) is 2. The topological polar surface area (TPSA) is 33.2 Å². The number of ketones is 1. The minimum atomic E-state index is 0.0851. The van der Waals surface area contributed by atoms with Gasteiger partial charge in [-0.1, -0.05) is 13.8 Å². The number of anilines is 1. The third-order valence-electron chi connectivity index (χ3n) is 2.63. The normalized spacial score (nSPS) is 11.0. The van der Waals surface area contributed by atoms with Crippen molar-refractivity contribution < 1.29 is 4.79 Å². The van der Waals surface area contributed by atoms with Gasteiger partial charge in [-0.3, -0.25) is 4.79 Å². The molecule has 0 saturated heterocycles. The predicted octanol–water partition coefficient (Wildman–Crippen LogP) is 3.16. The van der Waals surface area contributed by atoms with E-state index in [0.29, 0.717) is 12.0 Å². The Morgan fingerprint density at radius 3 is 2.47 bits per heavy atom. The van der Waals surface area contributed by atoms with Crippen LogP contribution < -0.4 is 4.90 Å². The standard InChI is InChI=1S/C14H22N2O/c1-10(2)9-16(11(3)4)14-8-13(12(5)17)6-7-15-14/h6-8,10-11H,9H2,1-5H3. The van der Waals surface area contributed by atoms with E-state index in [1.54, 1.807) is 19.2 Å². The minimum Gasteiger partial charge on any atom is -0.354 e. The molecule has 0 aliphatic heterocycles. The van der Waals surface area contributed by atoms with Crippen LogP contribution in [0.15, 0.2) is 18.3 Å². The van der Waals surface area contributed by atoms with E-state index in [1.807, 2.05) is 6.07 Å². The largest absolute Gasteiger partial charge is 0.354 e. The lowest BCUT2D eigenvalue weighted by molar-refractivity contribution is 0.101. The van der Waals surface area contributed by atoms with E-state index in [0.717, 1.165) is 17.9 Å². The maximum atomic E-state index is 11.4. The van der Waals surface area contributed by atoms with Gasteiger partial charge < -0.3 is 4.90 Å². The molecular formula is C14H22N2O. The van der Waals surface area contributed by atoms with Gasteiger partial charge in [0.05, 0.1) is 0 Å². The Kier molecular flexibility index (Phi) is 4.67. The van der Waals surface area contributed by atoms with Crippen LogP contribution in [0, 0.1) is 5.92 Å². The number of hydrogen-bond acceptors (Lipinski definition) is 3. The van der Waals surface area contributed by atoms with E-state index in [9.17, 15) is 4.79 Å². The zero-order valence-electron chi connectivity index (χ0n) is 11.4. The highest BCUT2D eigenvalue weighted by Gasteiger charge is 2.14. The van der Waals surface area contributed by atoms with Crippen LogP contribution in [-0.2, 0) is 0 Å². The summed E-state index contributed by atoms with van der Waals surface area (Å²) in [6.07, 6.45) is 1.71. The van der Waals surface area contributed by atoms with E-state index in [-0.39, 0.29) is 5.78 Å². The quantitative estimate of drug-likeness (QED) is 0.734. The van der Waals surface area contributed by atoms with Gasteiger partial charge >= 0.3 is 0 Å². The number of rotatable bonds is 5. The van der Waals surface area contributed by atoms with Crippen LogP contribution in [0.4, 0.5) is 5.82 Å². The Morgan fingerprint density at radius 2 is 2.00 bits per heavy atom. The lowest BCUT2D eigenvalue weighted by atomic mass is 10.1. The molecule has 0 atom stereocenters. The number of carbonyl (C=O) groups is 1. The van der Waals surface area contributed by atoms with Gasteiger partial charge in [0, 0.05) is 24.3 Å². The van der Waals surface area contributed by atoms with E-state index in [1.165, 1.54) is 0 Å². The van der Waals surface area contributed by atoms with E-state index in [2.05, 4.69) is 37.6 Å². The molecule has 1 heterocycles. The van der Waals surface area contributed by atoms with Crippen molar-refractivity contribution in [3.05, 3.63) is 23.9 Å². The molecule has 0 saturated carbocycles. The van der Waals surface area contributed by atoms with E-state index < -0.39 is 0 Å². The molecule has 0 aliphatic rings. The molecule has 0 aromatic carbocycles. The molecule has 0 aliphatic carbocycles. The van der Waals surface area contributed by atoms with Crippen LogP contribution in [0.2, 0.25) is 0 Å². The van der Waals surface area contributed by atoms with Crippen molar-refractivity contribution in [2.75, 3.05) is 11.4 Å². The molecule has 94 valence electrons. The first-order valence-electron chi connectivity index (χ1n) is 6.15. The molecule has 1 rings (SSSR count). The summed E-state index contributed by atoms with van der Waals surface area (Å²) in [7, 11) is 0. The molecule has 0 spiro atoms. The average molecular weight is 234 g/mol. The summed E-state index contributed by atoms with van der Waals surface area (Å²) in [6.45, 7) is 11.2. The van der Waals surface area contributed by atoms with Crippen LogP contribution in [0.5, 0.6) is 0 Å². The van der Waals surface area contributed by atoms with Crippen molar-refractivity contribution in [3.63, 3.8) is 0 Å². The van der Waals surface area contributed by atoms with Crippen molar-refractivity contribution in [2.45, 2.75) is 40.7 Å². The Hall–Kier alpha value is -1.38. The lowest BCUT2D eigenvalue weighted by Crippen LogP contribution is -2.34. The molecule has 0 radical (unpaired) electrons. The van der Waals surface area contributed by atoms with Crippen molar-refractivity contribution >= 4 is 11.6 Å². The van der Waals surface area contributed by atoms with Gasteiger partial charge in [0.25, 0.3) is 0 Å². The first-order chi connectivity index (χ1) is 7.91. The molecule has 17 heavy (non-hydrogen) atoms. The summed E-state index contributed by atoms with van der Waals surface area (Å²) in [5.74, 6) is 1.54. The zero-order valence-corrected chi connectivity index (χ0v) is 11.4. The summed E-state index contributed by atoms with van der Waals surface area (Å²) in [5.41, 5.74) is 0.726. The highest BCUT2D eigenvalue weighted by Crippen LogP contribution is 2.17. The molecule has 0 amide bonds. The van der Waals surface area contributed by atoms with Gasteiger partial charge in [0.1, 0.15) is 5.82 Å². The zero-order chi connectivity index (χ0) is 13.0. The van der Waals surface area contributed by atoms with E-state index >= 15 is 0 Å². The van der Waals surface area contributed by atoms with Crippen LogP contribution in [0.3, 0.4) is 0 Å². The van der Waals surface area contributed by atoms with E-state index in [4.69, 9.17) is 0 Å². The Bertz CT molecular complexity index is 386. The maximum Gasteiger partial charge on any atom is 0.159 e. The van der Waals surface area contributed by atoms with Gasteiger partial charge in [-0.25, -0.2) is 4.98 Å². The van der Waals surface area contributed by atoms with Crippen LogP contribution in [-0.4, -0.2) is 23.4 Å². The second kappa shape index (κ2) is 5.80. The fourth-order valence-electron chi connectivity index (χ4n) is 1.76. The smallest absolute Gasteiger partial charge is 0.159 e.